The number of ketones is 1. The normalized spacial score (nSPS) is 11.6. The molecule has 2 aromatic carbocycles. The number of carbonyl (C=O) groups excluding carboxylic acids is 3. The summed E-state index contributed by atoms with van der Waals surface area (Å²) in [6.45, 7) is -0.646. The number of carbonyl (C=O) groups is 4. The number of rotatable bonds is 9. The molecule has 1 amide bonds. The van der Waals surface area contributed by atoms with Gasteiger partial charge in [0.1, 0.15) is 12.3 Å². The Morgan fingerprint density at radius 2 is 1.80 bits per heavy atom. The van der Waals surface area contributed by atoms with Crippen LogP contribution in [0.25, 0.3) is 10.8 Å². The molecule has 0 aliphatic carbocycles. The van der Waals surface area contributed by atoms with Crippen LogP contribution in [0.15, 0.2) is 65.5 Å². The molecular weight excluding hydrogens is 390 g/mol. The maximum absolute atomic E-state index is 12.4. The van der Waals surface area contributed by atoms with E-state index >= 15 is 0 Å². The second-order valence-electron chi connectivity index (χ2n) is 6.58. The van der Waals surface area contributed by atoms with E-state index in [9.17, 15) is 19.2 Å². The number of furan rings is 1. The zero-order chi connectivity index (χ0) is 21.5. The van der Waals surface area contributed by atoms with Crippen molar-refractivity contribution in [2.24, 2.45) is 0 Å². The summed E-state index contributed by atoms with van der Waals surface area (Å²) in [5.41, 5.74) is 0.895. The van der Waals surface area contributed by atoms with Crippen LogP contribution in [0.5, 0.6) is 0 Å². The van der Waals surface area contributed by atoms with Crippen molar-refractivity contribution in [3.05, 3.63) is 72.2 Å². The minimum Gasteiger partial charge on any atom is -0.481 e. The molecule has 8 nitrogen and oxygen atoms in total. The van der Waals surface area contributed by atoms with Crippen molar-refractivity contribution in [2.75, 3.05) is 6.61 Å². The Balaban J connectivity index is 1.60. The van der Waals surface area contributed by atoms with Crippen molar-refractivity contribution in [3.63, 3.8) is 0 Å². The Bertz CT molecular complexity index is 1070. The number of Topliss-reactive ketones (excluding diaryl/α,β-unsaturated/α-hetero) is 1. The predicted molar refractivity (Wildman–Crippen MR) is 106 cm³/mol. The minimum absolute atomic E-state index is 0.0421. The first-order chi connectivity index (χ1) is 14.4. The summed E-state index contributed by atoms with van der Waals surface area (Å²) in [7, 11) is 0. The number of hydrogen-bond acceptors (Lipinski definition) is 6. The van der Waals surface area contributed by atoms with E-state index in [-0.39, 0.29) is 12.0 Å². The van der Waals surface area contributed by atoms with Crippen LogP contribution in [0, 0.1) is 0 Å². The lowest BCUT2D eigenvalue weighted by atomic mass is 10.0. The van der Waals surface area contributed by atoms with Crippen LogP contribution in [-0.4, -0.2) is 41.4 Å². The minimum atomic E-state index is -1.34. The highest BCUT2D eigenvalue weighted by Gasteiger charge is 2.25. The highest BCUT2D eigenvalue weighted by atomic mass is 16.5. The van der Waals surface area contributed by atoms with Crippen molar-refractivity contribution in [3.8, 4) is 0 Å². The SMILES string of the molecule is O=C(O)CC(NC(=O)c1ccoc1)C(=O)COC(=O)Cc1cccc2ccccc12. The Hall–Kier alpha value is -3.94. The number of nitrogens with one attached hydrogen (secondary N) is 1. The molecular formula is C22H19NO7. The van der Waals surface area contributed by atoms with Gasteiger partial charge in [0, 0.05) is 0 Å². The maximum Gasteiger partial charge on any atom is 0.310 e. The van der Waals surface area contributed by atoms with Gasteiger partial charge in [0.2, 0.25) is 0 Å². The van der Waals surface area contributed by atoms with E-state index in [1.165, 1.54) is 18.6 Å². The topological polar surface area (TPSA) is 123 Å². The molecule has 8 heteroatoms. The molecule has 1 heterocycles. The third kappa shape index (κ3) is 5.32. The van der Waals surface area contributed by atoms with Gasteiger partial charge in [-0.1, -0.05) is 42.5 Å². The molecule has 1 unspecified atom stereocenters. The highest BCUT2D eigenvalue weighted by Crippen LogP contribution is 2.19. The summed E-state index contributed by atoms with van der Waals surface area (Å²) >= 11 is 0. The molecule has 0 saturated carbocycles. The molecule has 1 aromatic heterocycles. The van der Waals surface area contributed by atoms with E-state index < -0.39 is 42.7 Å². The molecule has 0 bridgehead atoms. The molecule has 0 aliphatic heterocycles. The maximum atomic E-state index is 12.4. The van der Waals surface area contributed by atoms with Crippen molar-refractivity contribution < 1.29 is 33.4 Å². The summed E-state index contributed by atoms with van der Waals surface area (Å²) in [4.78, 5) is 47.7. The van der Waals surface area contributed by atoms with Crippen LogP contribution in [-0.2, 0) is 25.5 Å². The van der Waals surface area contributed by atoms with Crippen LogP contribution in [0.1, 0.15) is 22.3 Å². The molecule has 2 N–H and O–H groups in total. The molecule has 154 valence electrons. The van der Waals surface area contributed by atoms with Gasteiger partial charge in [0.15, 0.2) is 12.4 Å². The number of aliphatic carboxylic acids is 1. The van der Waals surface area contributed by atoms with E-state index in [0.717, 1.165) is 16.3 Å². The lowest BCUT2D eigenvalue weighted by Gasteiger charge is -2.15. The number of amides is 1. The average molecular weight is 409 g/mol. The molecule has 1 atom stereocenters. The van der Waals surface area contributed by atoms with Crippen LogP contribution >= 0.6 is 0 Å². The van der Waals surface area contributed by atoms with Gasteiger partial charge >= 0.3 is 11.9 Å². The van der Waals surface area contributed by atoms with Crippen LogP contribution < -0.4 is 5.32 Å². The Morgan fingerprint density at radius 1 is 1.03 bits per heavy atom. The second-order valence-corrected chi connectivity index (χ2v) is 6.58. The van der Waals surface area contributed by atoms with Gasteiger partial charge in [0.25, 0.3) is 5.91 Å². The first kappa shape index (κ1) is 20.8. The number of carboxylic acids is 1. The summed E-state index contributed by atoms with van der Waals surface area (Å²) in [6.07, 6.45) is 1.77. The number of esters is 1. The van der Waals surface area contributed by atoms with Gasteiger partial charge in [-0.25, -0.2) is 0 Å². The quantitative estimate of drug-likeness (QED) is 0.520. The van der Waals surface area contributed by atoms with Crippen molar-refractivity contribution in [1.29, 1.82) is 0 Å². The zero-order valence-electron chi connectivity index (χ0n) is 15.9. The monoisotopic (exact) mass is 409 g/mol. The molecule has 0 fully saturated rings. The number of ether oxygens (including phenoxy) is 1. The number of carboxylic acid groups (broad SMARTS) is 1. The van der Waals surface area contributed by atoms with E-state index in [0.29, 0.717) is 0 Å². The van der Waals surface area contributed by atoms with E-state index in [4.69, 9.17) is 14.3 Å². The van der Waals surface area contributed by atoms with E-state index in [1.807, 2.05) is 36.4 Å². The van der Waals surface area contributed by atoms with Gasteiger partial charge in [0.05, 0.1) is 24.7 Å². The standard InChI is InChI=1S/C22H19NO7/c24-19(18(11-20(25)26)23-22(28)16-8-9-29-12-16)13-30-21(27)10-15-6-3-5-14-4-1-2-7-17(14)15/h1-9,12,18H,10-11,13H2,(H,23,28)(H,25,26). The molecule has 0 saturated heterocycles. The van der Waals surface area contributed by atoms with Gasteiger partial charge < -0.3 is 19.6 Å². The fraction of sp³-hybridized carbons (Fsp3) is 0.182. The van der Waals surface area contributed by atoms with Crippen molar-refractivity contribution in [1.82, 2.24) is 5.32 Å². The smallest absolute Gasteiger partial charge is 0.310 e. The summed E-state index contributed by atoms with van der Waals surface area (Å²) < 4.78 is 9.83. The number of hydrogen-bond donors (Lipinski definition) is 2. The molecule has 0 spiro atoms. The Labute approximate surface area is 171 Å². The first-order valence-electron chi connectivity index (χ1n) is 9.14. The first-order valence-corrected chi connectivity index (χ1v) is 9.14. The van der Waals surface area contributed by atoms with E-state index in [1.54, 1.807) is 6.07 Å². The van der Waals surface area contributed by atoms with Gasteiger partial charge in [-0.3, -0.25) is 19.2 Å². The fourth-order valence-electron chi connectivity index (χ4n) is 2.96. The van der Waals surface area contributed by atoms with Gasteiger partial charge in [-0.15, -0.1) is 0 Å². The molecule has 3 rings (SSSR count). The lowest BCUT2D eigenvalue weighted by Crippen LogP contribution is -2.44. The molecule has 30 heavy (non-hydrogen) atoms. The summed E-state index contributed by atoms with van der Waals surface area (Å²) in [6, 6.07) is 13.1. The Kier molecular flexibility index (Phi) is 6.59. The predicted octanol–water partition coefficient (Wildman–Crippen LogP) is 2.36. The number of benzene rings is 2. The third-order valence-corrected chi connectivity index (χ3v) is 4.45. The lowest BCUT2D eigenvalue weighted by molar-refractivity contribution is -0.148. The van der Waals surface area contributed by atoms with Crippen molar-refractivity contribution in [2.45, 2.75) is 18.9 Å². The largest absolute Gasteiger partial charge is 0.481 e. The van der Waals surface area contributed by atoms with E-state index in [2.05, 4.69) is 5.32 Å². The molecule has 0 aliphatic rings. The average Bonchev–Trinajstić information content (AvgIpc) is 3.26. The third-order valence-electron chi connectivity index (χ3n) is 4.45. The highest BCUT2D eigenvalue weighted by molar-refractivity contribution is 5.99. The summed E-state index contributed by atoms with van der Waals surface area (Å²) in [5, 5.41) is 13.2. The molecule has 0 radical (unpaired) electrons. The van der Waals surface area contributed by atoms with Gasteiger partial charge in [-0.2, -0.15) is 0 Å². The van der Waals surface area contributed by atoms with Gasteiger partial charge in [-0.05, 0) is 22.4 Å². The molecule has 3 aromatic rings. The van der Waals surface area contributed by atoms with Crippen LogP contribution in [0.4, 0.5) is 0 Å². The zero-order valence-corrected chi connectivity index (χ0v) is 15.9. The fourth-order valence-corrected chi connectivity index (χ4v) is 2.96. The Morgan fingerprint density at radius 3 is 2.53 bits per heavy atom. The van der Waals surface area contributed by atoms with Crippen molar-refractivity contribution >= 4 is 34.4 Å². The van der Waals surface area contributed by atoms with Crippen LogP contribution in [0.2, 0.25) is 0 Å². The second kappa shape index (κ2) is 9.51. The summed E-state index contributed by atoms with van der Waals surface area (Å²) in [5.74, 6) is -3.29. The number of fused-ring (bicyclic) bond motifs is 1. The van der Waals surface area contributed by atoms with Crippen LogP contribution in [0.3, 0.4) is 0 Å².